The second kappa shape index (κ2) is 10.3. The van der Waals surface area contributed by atoms with Crippen molar-refractivity contribution >= 4 is 33.7 Å². The lowest BCUT2D eigenvalue weighted by Crippen LogP contribution is -2.30. The molecule has 0 radical (unpaired) electrons. The van der Waals surface area contributed by atoms with Crippen molar-refractivity contribution < 1.29 is 18.3 Å². The molecule has 0 bridgehead atoms. The molecule has 5 rings (SSSR count). The van der Waals surface area contributed by atoms with Gasteiger partial charge in [0.1, 0.15) is 23.2 Å². The maximum absolute atomic E-state index is 14.2. The molecule has 3 aromatic carbocycles. The maximum Gasteiger partial charge on any atom is 0.302 e. The van der Waals surface area contributed by atoms with Crippen LogP contribution in [0, 0.1) is 17.6 Å². The predicted molar refractivity (Wildman–Crippen MR) is 143 cm³/mol. The zero-order valence-corrected chi connectivity index (χ0v) is 21.6. The van der Waals surface area contributed by atoms with E-state index in [9.17, 15) is 13.6 Å². The van der Waals surface area contributed by atoms with Crippen LogP contribution in [-0.2, 0) is 13.1 Å². The average Bonchev–Trinajstić information content (AvgIpc) is 3.24. The maximum atomic E-state index is 14.2. The van der Waals surface area contributed by atoms with Gasteiger partial charge in [-0.25, -0.2) is 18.8 Å². The van der Waals surface area contributed by atoms with Crippen molar-refractivity contribution in [2.75, 3.05) is 12.9 Å². The summed E-state index contributed by atoms with van der Waals surface area (Å²) >= 11 is 1.06. The Labute approximate surface area is 217 Å². The fraction of sp³-hybridized carbons (Fsp3) is 0.250. The Morgan fingerprint density at radius 1 is 1.03 bits per heavy atom. The molecule has 0 N–H and O–H groups in total. The summed E-state index contributed by atoms with van der Waals surface area (Å²) in [5.41, 5.74) is 4.00. The number of rotatable bonds is 7. The monoisotopic (exact) mass is 520 g/mol. The van der Waals surface area contributed by atoms with E-state index in [1.165, 1.54) is 18.2 Å². The third-order valence-electron chi connectivity index (χ3n) is 6.11. The first-order valence-electron chi connectivity index (χ1n) is 11.9. The third kappa shape index (κ3) is 5.09. The molecule has 0 fully saturated rings. The number of benzene rings is 3. The van der Waals surface area contributed by atoms with Gasteiger partial charge in [-0.1, -0.05) is 49.9 Å². The van der Waals surface area contributed by atoms with Gasteiger partial charge in [-0.05, 0) is 42.3 Å². The van der Waals surface area contributed by atoms with Crippen molar-refractivity contribution in [3.8, 4) is 17.1 Å². The fourth-order valence-corrected chi connectivity index (χ4v) is 5.07. The normalized spacial score (nSPS) is 13.9. The number of thioether (sulfide) groups is 1. The summed E-state index contributed by atoms with van der Waals surface area (Å²) in [6, 6.07) is 17.4. The summed E-state index contributed by atoms with van der Waals surface area (Å²) in [6.07, 6.45) is 0. The number of imidazole rings is 1. The van der Waals surface area contributed by atoms with Crippen molar-refractivity contribution in [1.29, 1.82) is 0 Å². The van der Waals surface area contributed by atoms with Gasteiger partial charge in [0, 0.05) is 29.0 Å². The van der Waals surface area contributed by atoms with Crippen LogP contribution in [0.25, 0.3) is 22.4 Å². The second-order valence-corrected chi connectivity index (χ2v) is 10.2. The molecular formula is C28H26F2N4O2S. The molecule has 2 heterocycles. The Morgan fingerprint density at radius 3 is 2.51 bits per heavy atom. The Hall–Kier alpha value is -3.72. The van der Waals surface area contributed by atoms with E-state index >= 15 is 0 Å². The zero-order valence-electron chi connectivity index (χ0n) is 20.7. The highest BCUT2D eigenvalue weighted by molar-refractivity contribution is 8.14. The van der Waals surface area contributed by atoms with Crippen molar-refractivity contribution in [3.63, 3.8) is 0 Å². The van der Waals surface area contributed by atoms with Gasteiger partial charge in [0.15, 0.2) is 0 Å². The van der Waals surface area contributed by atoms with Crippen LogP contribution in [0.5, 0.6) is 5.75 Å². The highest BCUT2D eigenvalue weighted by Gasteiger charge is 2.25. The highest BCUT2D eigenvalue weighted by Crippen LogP contribution is 2.30. The van der Waals surface area contributed by atoms with Gasteiger partial charge in [-0.2, -0.15) is 5.10 Å². The van der Waals surface area contributed by atoms with Gasteiger partial charge >= 0.3 is 5.24 Å². The Morgan fingerprint density at radius 2 is 1.78 bits per heavy atom. The van der Waals surface area contributed by atoms with E-state index in [1.807, 2.05) is 42.5 Å². The molecule has 190 valence electrons. The van der Waals surface area contributed by atoms with Crippen molar-refractivity contribution in [3.05, 3.63) is 83.4 Å². The van der Waals surface area contributed by atoms with Gasteiger partial charge < -0.3 is 9.30 Å². The summed E-state index contributed by atoms with van der Waals surface area (Å²) in [5, 5.41) is 5.24. The molecule has 1 amide bonds. The number of ether oxygens (including phenoxy) is 1. The molecule has 0 saturated carbocycles. The smallest absolute Gasteiger partial charge is 0.302 e. The van der Waals surface area contributed by atoms with Crippen LogP contribution in [0.1, 0.15) is 25.0 Å². The Balaban J connectivity index is 1.54. The minimum Gasteiger partial charge on any atom is -0.497 e. The van der Waals surface area contributed by atoms with E-state index in [0.29, 0.717) is 17.4 Å². The van der Waals surface area contributed by atoms with Crippen LogP contribution < -0.4 is 4.74 Å². The van der Waals surface area contributed by atoms with Crippen LogP contribution in [-0.4, -0.2) is 38.4 Å². The molecule has 1 aliphatic rings. The quantitative estimate of drug-likeness (QED) is 0.271. The minimum absolute atomic E-state index is 0.188. The number of hydrogen-bond donors (Lipinski definition) is 0. The van der Waals surface area contributed by atoms with E-state index in [1.54, 1.807) is 7.11 Å². The number of aromatic nitrogens is 2. The second-order valence-electron chi connectivity index (χ2n) is 9.23. The number of nitrogens with zero attached hydrogens (tertiary/aromatic N) is 4. The molecular weight excluding hydrogens is 494 g/mol. The summed E-state index contributed by atoms with van der Waals surface area (Å²) in [6.45, 7) is 4.83. The van der Waals surface area contributed by atoms with Crippen LogP contribution in [0.15, 0.2) is 65.8 Å². The van der Waals surface area contributed by atoms with Gasteiger partial charge in [0.05, 0.1) is 30.4 Å². The SMILES string of the molecule is COc1cccc(-c2nc3cc(C4=NN(Cc5c(F)cccc5F)C(=O)SC4)ccc3n2CC(C)C)c1. The first kappa shape index (κ1) is 25.0. The Kier molecular flexibility index (Phi) is 6.97. The molecule has 0 saturated heterocycles. The summed E-state index contributed by atoms with van der Waals surface area (Å²) in [4.78, 5) is 17.4. The summed E-state index contributed by atoms with van der Waals surface area (Å²) in [5.74, 6) is 0.941. The topological polar surface area (TPSA) is 59.7 Å². The van der Waals surface area contributed by atoms with Crippen LogP contribution >= 0.6 is 11.8 Å². The molecule has 0 unspecified atom stereocenters. The van der Waals surface area contributed by atoms with Gasteiger partial charge in [-0.3, -0.25) is 4.79 Å². The average molecular weight is 521 g/mol. The molecule has 9 heteroatoms. The summed E-state index contributed by atoms with van der Waals surface area (Å²) < 4.78 is 36.0. The fourth-order valence-electron chi connectivity index (χ4n) is 4.34. The van der Waals surface area contributed by atoms with E-state index in [2.05, 4.69) is 23.5 Å². The standard InChI is InChI=1S/C28H26F2N4O2S/c1-17(2)14-33-26-11-10-18(13-24(26)31-27(33)19-6-4-7-20(12-19)36-3)25-16-37-28(35)34(32-25)15-21-22(29)8-5-9-23(21)30/h4-13,17H,14-16H2,1-3H3. The molecule has 1 aliphatic heterocycles. The van der Waals surface area contributed by atoms with Crippen LogP contribution in [0.4, 0.5) is 13.6 Å². The van der Waals surface area contributed by atoms with E-state index in [4.69, 9.17) is 9.72 Å². The number of hydrazone groups is 1. The molecule has 37 heavy (non-hydrogen) atoms. The van der Waals surface area contributed by atoms with Gasteiger partial charge in [0.2, 0.25) is 0 Å². The van der Waals surface area contributed by atoms with Gasteiger partial charge in [-0.15, -0.1) is 0 Å². The molecule has 4 aromatic rings. The Bertz CT molecular complexity index is 1500. The lowest BCUT2D eigenvalue weighted by atomic mass is 10.1. The van der Waals surface area contributed by atoms with Gasteiger partial charge in [0.25, 0.3) is 0 Å². The summed E-state index contributed by atoms with van der Waals surface area (Å²) in [7, 11) is 1.64. The largest absolute Gasteiger partial charge is 0.497 e. The number of amides is 1. The van der Waals surface area contributed by atoms with Crippen LogP contribution in [0.3, 0.4) is 0 Å². The van der Waals surface area contributed by atoms with Crippen LogP contribution in [0.2, 0.25) is 0 Å². The lowest BCUT2D eigenvalue weighted by molar-refractivity contribution is 0.221. The minimum atomic E-state index is -0.706. The van der Waals surface area contributed by atoms with E-state index < -0.39 is 11.6 Å². The first-order valence-corrected chi connectivity index (χ1v) is 12.9. The third-order valence-corrected chi connectivity index (χ3v) is 6.99. The predicted octanol–water partition coefficient (Wildman–Crippen LogP) is 6.72. The molecule has 1 aromatic heterocycles. The molecule has 0 spiro atoms. The number of hydrogen-bond acceptors (Lipinski definition) is 5. The zero-order chi connectivity index (χ0) is 26.1. The first-order chi connectivity index (χ1) is 17.8. The van der Waals surface area contributed by atoms with Crippen molar-refractivity contribution in [2.24, 2.45) is 11.0 Å². The number of carbonyl (C=O) groups is 1. The number of fused-ring (bicyclic) bond motifs is 1. The van der Waals surface area contributed by atoms with Crippen molar-refractivity contribution in [1.82, 2.24) is 14.6 Å². The van der Waals surface area contributed by atoms with Crippen molar-refractivity contribution in [2.45, 2.75) is 26.9 Å². The molecule has 0 aliphatic carbocycles. The molecule has 0 atom stereocenters. The highest BCUT2D eigenvalue weighted by atomic mass is 32.2. The molecule has 6 nitrogen and oxygen atoms in total. The van der Waals surface area contributed by atoms with E-state index in [-0.39, 0.29) is 17.3 Å². The lowest BCUT2D eigenvalue weighted by Gasteiger charge is -2.23. The number of methoxy groups -OCH3 is 1. The van der Waals surface area contributed by atoms with E-state index in [0.717, 1.165) is 57.0 Å². The number of carbonyl (C=O) groups excluding carboxylic acids is 1. The number of halogens is 2.